The van der Waals surface area contributed by atoms with Gasteiger partial charge in [0, 0.05) is 32.4 Å². The molecule has 0 spiro atoms. The Labute approximate surface area is 148 Å². The minimum absolute atomic E-state index is 0.0838. The summed E-state index contributed by atoms with van der Waals surface area (Å²) in [7, 11) is 3.36. The zero-order valence-corrected chi connectivity index (χ0v) is 14.6. The fourth-order valence-electron chi connectivity index (χ4n) is 2.48. The van der Waals surface area contributed by atoms with Gasteiger partial charge < -0.3 is 10.2 Å². The maximum Gasteiger partial charge on any atom is 0.264 e. The molecule has 0 saturated heterocycles. The maximum absolute atomic E-state index is 12.4. The molecule has 0 bridgehead atoms. The number of hydrogen-bond donors (Lipinski definition) is 1. The number of nitrogens with one attached hydrogen (secondary N) is 1. The van der Waals surface area contributed by atoms with E-state index >= 15 is 0 Å². The highest BCUT2D eigenvalue weighted by Crippen LogP contribution is 2.17. The quantitative estimate of drug-likeness (QED) is 0.745. The Kier molecular flexibility index (Phi) is 4.53. The molecule has 2 aromatic heterocycles. The van der Waals surface area contributed by atoms with E-state index in [0.29, 0.717) is 16.7 Å². The highest BCUT2D eigenvalue weighted by atomic mass is 16.2. The van der Waals surface area contributed by atoms with Gasteiger partial charge in [-0.25, -0.2) is 4.98 Å². The highest BCUT2D eigenvalue weighted by molar-refractivity contribution is 5.93. The molecule has 0 saturated carbocycles. The average molecular weight is 354 g/mol. The number of benzene rings is 1. The first kappa shape index (κ1) is 17.3. The van der Waals surface area contributed by atoms with Gasteiger partial charge in [-0.1, -0.05) is 0 Å². The van der Waals surface area contributed by atoms with E-state index < -0.39 is 0 Å². The van der Waals surface area contributed by atoms with Gasteiger partial charge in [0.1, 0.15) is 18.3 Å². The predicted octanol–water partition coefficient (Wildman–Crippen LogP) is 0.751. The molecule has 0 radical (unpaired) electrons. The van der Waals surface area contributed by atoms with Crippen molar-refractivity contribution < 1.29 is 9.59 Å². The number of carbonyl (C=O) groups excluding carboxylic acids is 2. The molecule has 9 nitrogen and oxygen atoms in total. The van der Waals surface area contributed by atoms with Gasteiger partial charge in [-0.2, -0.15) is 5.10 Å². The maximum atomic E-state index is 12.4. The summed E-state index contributed by atoms with van der Waals surface area (Å²) in [5.74, 6) is -0.440. The van der Waals surface area contributed by atoms with Crippen LogP contribution in [-0.2, 0) is 23.2 Å². The summed E-state index contributed by atoms with van der Waals surface area (Å²) in [6.45, 7) is 1.31. The molecule has 0 unspecified atom stereocenters. The van der Waals surface area contributed by atoms with Crippen molar-refractivity contribution in [3.05, 3.63) is 47.1 Å². The minimum Gasteiger partial charge on any atom is -0.325 e. The molecular formula is C17H18N6O3. The Morgan fingerprint density at radius 3 is 2.58 bits per heavy atom. The van der Waals surface area contributed by atoms with Crippen molar-refractivity contribution in [1.29, 1.82) is 0 Å². The summed E-state index contributed by atoms with van der Waals surface area (Å²) in [6.07, 6.45) is 2.76. The van der Waals surface area contributed by atoms with Crippen LogP contribution in [0.2, 0.25) is 0 Å². The van der Waals surface area contributed by atoms with Gasteiger partial charge in [0.05, 0.1) is 6.20 Å². The zero-order valence-electron chi connectivity index (χ0n) is 14.6. The van der Waals surface area contributed by atoms with Crippen molar-refractivity contribution in [1.82, 2.24) is 19.3 Å². The summed E-state index contributed by atoms with van der Waals surface area (Å²) >= 11 is 0. The highest BCUT2D eigenvalue weighted by Gasteiger charge is 2.11. The van der Waals surface area contributed by atoms with Gasteiger partial charge in [0.2, 0.25) is 11.8 Å². The van der Waals surface area contributed by atoms with E-state index in [0.717, 1.165) is 5.69 Å². The molecule has 3 rings (SSSR count). The van der Waals surface area contributed by atoms with Crippen molar-refractivity contribution in [3.8, 4) is 0 Å². The van der Waals surface area contributed by atoms with Crippen LogP contribution in [0.25, 0.3) is 11.0 Å². The van der Waals surface area contributed by atoms with Crippen LogP contribution in [0, 0.1) is 0 Å². The molecule has 0 fully saturated rings. The first-order valence-corrected chi connectivity index (χ1v) is 7.88. The molecule has 1 aromatic carbocycles. The molecule has 0 atom stereocenters. The van der Waals surface area contributed by atoms with Gasteiger partial charge in [-0.05, 0) is 24.3 Å². The normalized spacial score (nSPS) is 10.7. The third-order valence-corrected chi connectivity index (χ3v) is 4.04. The van der Waals surface area contributed by atoms with Crippen LogP contribution in [-0.4, -0.2) is 38.2 Å². The second-order valence-electron chi connectivity index (χ2n) is 5.86. The molecule has 134 valence electrons. The van der Waals surface area contributed by atoms with Crippen LogP contribution in [0.1, 0.15) is 6.92 Å². The minimum atomic E-state index is -0.357. The van der Waals surface area contributed by atoms with E-state index in [1.807, 2.05) is 0 Å². The SMILES string of the molecule is CC(=O)N(C)c1ccc(NC(=O)Cn2cnc3c(cnn3C)c2=O)cc1. The van der Waals surface area contributed by atoms with Gasteiger partial charge >= 0.3 is 0 Å². The van der Waals surface area contributed by atoms with Crippen molar-refractivity contribution >= 4 is 34.2 Å². The Bertz CT molecular complexity index is 1030. The molecule has 0 aliphatic carbocycles. The molecule has 9 heteroatoms. The lowest BCUT2D eigenvalue weighted by Crippen LogP contribution is -2.28. The number of hydrogen-bond acceptors (Lipinski definition) is 5. The monoisotopic (exact) mass is 354 g/mol. The van der Waals surface area contributed by atoms with Crippen LogP contribution in [0.15, 0.2) is 41.6 Å². The number of anilines is 2. The molecule has 2 heterocycles. The van der Waals surface area contributed by atoms with Crippen molar-refractivity contribution in [2.75, 3.05) is 17.3 Å². The largest absolute Gasteiger partial charge is 0.325 e. The number of amides is 2. The van der Waals surface area contributed by atoms with Crippen molar-refractivity contribution in [3.63, 3.8) is 0 Å². The summed E-state index contributed by atoms with van der Waals surface area (Å²) < 4.78 is 2.73. The second-order valence-corrected chi connectivity index (χ2v) is 5.86. The zero-order chi connectivity index (χ0) is 18.8. The second kappa shape index (κ2) is 6.79. The topological polar surface area (TPSA) is 102 Å². The lowest BCUT2D eigenvalue weighted by atomic mass is 10.2. The first-order valence-electron chi connectivity index (χ1n) is 7.88. The Balaban J connectivity index is 1.72. The first-order chi connectivity index (χ1) is 12.4. The van der Waals surface area contributed by atoms with E-state index in [2.05, 4.69) is 15.4 Å². The number of aryl methyl sites for hydroxylation is 1. The molecular weight excluding hydrogens is 336 g/mol. The molecule has 1 N–H and O–H groups in total. The lowest BCUT2D eigenvalue weighted by Gasteiger charge is -2.15. The molecule has 0 aliphatic rings. The van der Waals surface area contributed by atoms with Crippen LogP contribution >= 0.6 is 0 Å². The van der Waals surface area contributed by atoms with E-state index in [-0.39, 0.29) is 23.9 Å². The Morgan fingerprint density at radius 2 is 1.92 bits per heavy atom. The molecule has 26 heavy (non-hydrogen) atoms. The smallest absolute Gasteiger partial charge is 0.264 e. The Morgan fingerprint density at radius 1 is 1.23 bits per heavy atom. The summed E-state index contributed by atoms with van der Waals surface area (Å²) in [5.41, 5.74) is 1.44. The fraction of sp³-hybridized carbons (Fsp3) is 0.235. The van der Waals surface area contributed by atoms with E-state index in [1.54, 1.807) is 38.4 Å². The number of carbonyl (C=O) groups is 2. The van der Waals surface area contributed by atoms with Crippen LogP contribution in [0.5, 0.6) is 0 Å². The number of aromatic nitrogens is 4. The molecule has 0 aliphatic heterocycles. The Hall–Kier alpha value is -3.49. The van der Waals surface area contributed by atoms with Crippen LogP contribution in [0.3, 0.4) is 0 Å². The average Bonchev–Trinajstić information content (AvgIpc) is 2.99. The lowest BCUT2D eigenvalue weighted by molar-refractivity contribution is -0.117. The standard InChI is InChI=1S/C17H18N6O3/c1-11(24)21(2)13-6-4-12(5-7-13)20-15(25)9-23-10-18-16-14(17(23)26)8-19-22(16)3/h4-8,10H,9H2,1-3H3,(H,20,25). The predicted molar refractivity (Wildman–Crippen MR) is 96.9 cm³/mol. The number of nitrogens with zero attached hydrogens (tertiary/aromatic N) is 5. The fourth-order valence-corrected chi connectivity index (χ4v) is 2.48. The van der Waals surface area contributed by atoms with Crippen molar-refractivity contribution in [2.24, 2.45) is 7.05 Å². The summed E-state index contributed by atoms with van der Waals surface area (Å²) in [5, 5.41) is 7.07. The number of fused-ring (bicyclic) bond motifs is 1. The van der Waals surface area contributed by atoms with Gasteiger partial charge in [-0.15, -0.1) is 0 Å². The molecule has 3 aromatic rings. The van der Waals surface area contributed by atoms with Gasteiger partial charge in [-0.3, -0.25) is 23.6 Å². The third-order valence-electron chi connectivity index (χ3n) is 4.04. The van der Waals surface area contributed by atoms with E-state index in [9.17, 15) is 14.4 Å². The third kappa shape index (κ3) is 3.32. The van der Waals surface area contributed by atoms with Gasteiger partial charge in [0.25, 0.3) is 5.56 Å². The van der Waals surface area contributed by atoms with Crippen LogP contribution in [0.4, 0.5) is 11.4 Å². The summed E-state index contributed by atoms with van der Waals surface area (Å²) in [6, 6.07) is 6.84. The molecule has 2 amide bonds. The number of rotatable bonds is 4. The van der Waals surface area contributed by atoms with Crippen molar-refractivity contribution in [2.45, 2.75) is 13.5 Å². The van der Waals surface area contributed by atoms with Crippen LogP contribution < -0.4 is 15.8 Å². The summed E-state index contributed by atoms with van der Waals surface area (Å²) in [4.78, 5) is 41.6. The van der Waals surface area contributed by atoms with Gasteiger partial charge in [0.15, 0.2) is 5.65 Å². The van der Waals surface area contributed by atoms with E-state index in [4.69, 9.17) is 0 Å². The van der Waals surface area contributed by atoms with E-state index in [1.165, 1.54) is 33.6 Å².